The van der Waals surface area contributed by atoms with Gasteiger partial charge in [0, 0.05) is 36.6 Å². The molecule has 1 aliphatic rings. The Hall–Kier alpha value is -4.23. The standard InChI is InChI=1S/C29H29N5O2.ClHO4/c1-19-25(28(35)33(31(19)3)23-11-7-5-8-12-23)27(21-15-17-22(30)18-16-21)26-20(2)32(4)34(29(26)36)24-13-9-6-10-14-24;2-1(3,4)5/h5-19H,30H2,1-4H3;(H,2,3,4,5). The minimum atomic E-state index is -4.69. The summed E-state index contributed by atoms with van der Waals surface area (Å²) in [7, 11) is -0.940. The van der Waals surface area contributed by atoms with E-state index in [9.17, 15) is 9.59 Å². The Bertz CT molecular complexity index is 1620. The Kier molecular flexibility index (Phi) is 8.50. The number of carbonyl (C=O) groups is 1. The summed E-state index contributed by atoms with van der Waals surface area (Å²) in [5.41, 5.74) is 11.2. The van der Waals surface area contributed by atoms with Gasteiger partial charge in [-0.15, -0.1) is 0 Å². The van der Waals surface area contributed by atoms with E-state index in [0.29, 0.717) is 22.4 Å². The van der Waals surface area contributed by atoms with Crippen molar-refractivity contribution in [1.29, 1.82) is 0 Å². The fourth-order valence-corrected chi connectivity index (χ4v) is 4.92. The first-order chi connectivity index (χ1) is 19.3. The predicted octanol–water partition coefficient (Wildman–Crippen LogP) is 0.0266. The Morgan fingerprint density at radius 2 is 1.34 bits per heavy atom. The summed E-state index contributed by atoms with van der Waals surface area (Å²) < 4.78 is 36.2. The lowest BCUT2D eigenvalue weighted by Gasteiger charge is -2.25. The second-order valence-electron chi connectivity index (χ2n) is 9.45. The number of hydrogen-bond donors (Lipinski definition) is 2. The van der Waals surface area contributed by atoms with E-state index in [2.05, 4.69) is 0 Å². The number of benzene rings is 3. The van der Waals surface area contributed by atoms with E-state index in [-0.39, 0.29) is 17.5 Å². The van der Waals surface area contributed by atoms with Crippen molar-refractivity contribution in [2.75, 3.05) is 17.8 Å². The third kappa shape index (κ3) is 6.10. The molecule has 2 heterocycles. The van der Waals surface area contributed by atoms with E-state index < -0.39 is 10.2 Å². The minimum Gasteiger partial charge on any atom is -0.399 e. The van der Waals surface area contributed by atoms with Crippen molar-refractivity contribution in [3.63, 3.8) is 0 Å². The lowest BCUT2D eigenvalue weighted by atomic mass is 9.90. The van der Waals surface area contributed by atoms with Crippen LogP contribution in [0.3, 0.4) is 0 Å². The fraction of sp³-hybridized carbons (Fsp3) is 0.172. The molecule has 11 nitrogen and oxygen atoms in total. The van der Waals surface area contributed by atoms with E-state index in [1.54, 1.807) is 21.8 Å². The molecule has 12 heteroatoms. The molecule has 1 atom stereocenters. The number of nitrogen functional groups attached to an aromatic ring is 1. The fourth-order valence-electron chi connectivity index (χ4n) is 4.92. The molecule has 0 radical (unpaired) electrons. The highest BCUT2D eigenvalue weighted by molar-refractivity contribution is 6.15. The maximum atomic E-state index is 14.1. The number of aromatic nitrogens is 2. The van der Waals surface area contributed by atoms with Crippen molar-refractivity contribution >= 4 is 22.9 Å². The van der Waals surface area contributed by atoms with E-state index in [0.717, 1.165) is 22.6 Å². The number of amides is 1. The van der Waals surface area contributed by atoms with Crippen LogP contribution >= 0.6 is 0 Å². The first-order valence-corrected chi connectivity index (χ1v) is 13.8. The van der Waals surface area contributed by atoms with Gasteiger partial charge in [0.1, 0.15) is 0 Å². The van der Waals surface area contributed by atoms with Gasteiger partial charge in [0.05, 0.1) is 37.9 Å². The summed E-state index contributed by atoms with van der Waals surface area (Å²) in [6.07, 6.45) is 0. The Labute approximate surface area is 238 Å². The summed E-state index contributed by atoms with van der Waals surface area (Å²) >= 11 is 0. The zero-order valence-corrected chi connectivity index (χ0v) is 23.6. The van der Waals surface area contributed by atoms with Crippen LogP contribution in [-0.2, 0) is 11.8 Å². The van der Waals surface area contributed by atoms with Crippen LogP contribution in [0.1, 0.15) is 23.7 Å². The maximum absolute atomic E-state index is 14.1. The molecule has 3 aromatic carbocycles. The summed E-state index contributed by atoms with van der Waals surface area (Å²) in [6, 6.07) is 26.1. The van der Waals surface area contributed by atoms with E-state index >= 15 is 0 Å². The molecule has 1 unspecified atom stereocenters. The van der Waals surface area contributed by atoms with Crippen LogP contribution in [0.25, 0.3) is 11.3 Å². The zero-order chi connectivity index (χ0) is 30.1. The molecule has 41 heavy (non-hydrogen) atoms. The monoisotopic (exact) mass is 579 g/mol. The molecule has 1 amide bonds. The topological polar surface area (TPSA) is 166 Å². The third-order valence-corrected chi connectivity index (χ3v) is 6.99. The summed E-state index contributed by atoms with van der Waals surface area (Å²) in [5.74, 6) is -0.156. The predicted molar refractivity (Wildman–Crippen MR) is 146 cm³/mol. The Balaban J connectivity index is 0.000000714. The number of hydrogen-bond acceptors (Lipinski definition) is 8. The van der Waals surface area contributed by atoms with E-state index in [1.807, 2.05) is 110 Å². The number of rotatable bonds is 4. The molecule has 3 N–H and O–H groups in total. The number of hydrazine groups is 1. The normalized spacial score (nSPS) is 16.9. The lowest BCUT2D eigenvalue weighted by Crippen LogP contribution is -2.58. The second kappa shape index (κ2) is 11.7. The van der Waals surface area contributed by atoms with Gasteiger partial charge in [-0.25, -0.2) is 14.7 Å². The van der Waals surface area contributed by atoms with Crippen molar-refractivity contribution in [2.24, 2.45) is 7.05 Å². The van der Waals surface area contributed by atoms with E-state index in [1.165, 1.54) is 0 Å². The number of halogens is 1. The summed E-state index contributed by atoms with van der Waals surface area (Å²) in [4.78, 5) is 28.1. The number of likely N-dealkylation sites (N-methyl/N-ethyl adjacent to an activating group) is 1. The highest BCUT2D eigenvalue weighted by atomic mass is 35.7. The smallest absolute Gasteiger partial charge is 0.279 e. The second-order valence-corrected chi connectivity index (χ2v) is 10.2. The van der Waals surface area contributed by atoms with Crippen molar-refractivity contribution in [2.45, 2.75) is 19.9 Å². The Morgan fingerprint density at radius 1 is 0.854 bits per heavy atom. The van der Waals surface area contributed by atoms with Crippen LogP contribution < -0.4 is 30.3 Å². The number of anilines is 2. The molecule has 0 spiro atoms. The molecule has 0 aliphatic carbocycles. The van der Waals surface area contributed by atoms with Gasteiger partial charge in [0.15, 0.2) is 0 Å². The quantitative estimate of drug-likeness (QED) is 0.252. The highest BCUT2D eigenvalue weighted by Gasteiger charge is 2.42. The van der Waals surface area contributed by atoms with Crippen molar-refractivity contribution in [3.8, 4) is 5.69 Å². The van der Waals surface area contributed by atoms with Crippen LogP contribution in [0.4, 0.5) is 11.4 Å². The zero-order valence-electron chi connectivity index (χ0n) is 22.9. The van der Waals surface area contributed by atoms with Gasteiger partial charge in [-0.1, -0.05) is 48.5 Å². The number of nitrogens with zero attached hydrogens (tertiary/aromatic N) is 4. The van der Waals surface area contributed by atoms with E-state index in [4.69, 9.17) is 24.4 Å². The van der Waals surface area contributed by atoms with Gasteiger partial charge in [0.25, 0.3) is 11.5 Å². The molecule has 1 saturated heterocycles. The molecular formula is C29H30ClN5O6. The van der Waals surface area contributed by atoms with Gasteiger partial charge in [-0.3, -0.25) is 14.3 Å². The van der Waals surface area contributed by atoms with Gasteiger partial charge in [0.2, 0.25) is 0 Å². The maximum Gasteiger partial charge on any atom is 0.279 e. The molecule has 1 fully saturated rings. The van der Waals surface area contributed by atoms with Crippen LogP contribution in [0.15, 0.2) is 95.3 Å². The van der Waals surface area contributed by atoms with Crippen LogP contribution in [0, 0.1) is 17.2 Å². The summed E-state index contributed by atoms with van der Waals surface area (Å²) in [6.45, 7) is 3.90. The van der Waals surface area contributed by atoms with Crippen molar-refractivity contribution < 1.29 is 33.7 Å². The van der Waals surface area contributed by atoms with Crippen LogP contribution in [0.5, 0.6) is 0 Å². The number of nitrogens with two attached hydrogens (primary N) is 1. The SMILES string of the molecule is Cc1c(C(=C2C(=O)N(c3ccccc3)N(C)C2C)c2ccc(N)cc2)c(=O)n(-c2ccccc2)n1C.[O-][Cl+3]([O-])([O-])O. The van der Waals surface area contributed by atoms with Gasteiger partial charge in [-0.2, -0.15) is 14.0 Å². The largest absolute Gasteiger partial charge is 0.399 e. The van der Waals surface area contributed by atoms with Crippen LogP contribution in [0.2, 0.25) is 0 Å². The molecule has 5 rings (SSSR count). The molecule has 1 aromatic heterocycles. The van der Waals surface area contributed by atoms with Crippen LogP contribution in [-0.4, -0.2) is 38.0 Å². The first kappa shape index (κ1) is 29.7. The first-order valence-electron chi connectivity index (χ1n) is 12.5. The lowest BCUT2D eigenvalue weighted by molar-refractivity contribution is -1.92. The van der Waals surface area contributed by atoms with Gasteiger partial charge < -0.3 is 5.73 Å². The average Bonchev–Trinajstić information content (AvgIpc) is 3.28. The number of carbonyl (C=O) groups excluding carboxylic acids is 1. The van der Waals surface area contributed by atoms with Gasteiger partial charge >= 0.3 is 0 Å². The van der Waals surface area contributed by atoms with Crippen molar-refractivity contribution in [3.05, 3.63) is 118 Å². The highest BCUT2D eigenvalue weighted by Crippen LogP contribution is 2.37. The molecule has 4 aromatic rings. The molecule has 0 bridgehead atoms. The Morgan fingerprint density at radius 3 is 1.85 bits per heavy atom. The molecular weight excluding hydrogens is 550 g/mol. The average molecular weight is 580 g/mol. The van der Waals surface area contributed by atoms with Crippen molar-refractivity contribution in [1.82, 2.24) is 14.4 Å². The van der Waals surface area contributed by atoms with Gasteiger partial charge in [-0.05, 0) is 55.8 Å². The molecule has 214 valence electrons. The summed E-state index contributed by atoms with van der Waals surface area (Å²) in [5, 5.41) is 3.59. The number of para-hydroxylation sites is 2. The third-order valence-electron chi connectivity index (χ3n) is 6.99. The minimum absolute atomic E-state index is 0.156. The molecule has 1 aliphatic heterocycles. The molecule has 0 saturated carbocycles.